The average molecular weight is 669 g/mol. The Kier molecular flexibility index (Phi) is 9.32. The summed E-state index contributed by atoms with van der Waals surface area (Å²) in [6.45, 7) is 19.6. The second-order valence-electron chi connectivity index (χ2n) is 13.9. The fourth-order valence-electron chi connectivity index (χ4n) is 8.55. The SMILES string of the molecule is CCc1ccc2c(c1)=[C]([Zr]=[C](c1ccccc1)c1ccccc1)C1=C(C3=CC=CC3)C(CC)(C(C)C)C(C(C)C)=C(C(C)C)C=21. The van der Waals surface area contributed by atoms with Crippen LogP contribution in [0.4, 0.5) is 0 Å². The molecule has 0 fully saturated rings. The molecule has 0 aliphatic heterocycles. The van der Waals surface area contributed by atoms with Crippen LogP contribution in [-0.2, 0) is 29.2 Å². The summed E-state index contributed by atoms with van der Waals surface area (Å²) >= 11 is -1.34. The van der Waals surface area contributed by atoms with Gasteiger partial charge in [-0.1, -0.05) is 0 Å². The molecule has 0 heterocycles. The molecule has 3 aliphatic carbocycles. The number of aryl methyl sites for hydroxylation is 1. The van der Waals surface area contributed by atoms with Crippen LogP contribution >= 0.6 is 0 Å². The van der Waals surface area contributed by atoms with Gasteiger partial charge in [0.05, 0.1) is 0 Å². The van der Waals surface area contributed by atoms with Gasteiger partial charge < -0.3 is 0 Å². The summed E-state index contributed by atoms with van der Waals surface area (Å²) in [4.78, 5) is 0. The first-order chi connectivity index (χ1) is 21.7. The van der Waals surface area contributed by atoms with E-state index in [0.717, 1.165) is 19.3 Å². The first kappa shape index (κ1) is 32.1. The minimum atomic E-state index is -1.34. The van der Waals surface area contributed by atoms with Gasteiger partial charge in [0.25, 0.3) is 0 Å². The molecule has 0 nitrogen and oxygen atoms in total. The summed E-state index contributed by atoms with van der Waals surface area (Å²) in [6, 6.07) is 30.0. The van der Waals surface area contributed by atoms with Crippen LogP contribution in [-0.4, -0.2) is 3.21 Å². The molecule has 0 spiro atoms. The van der Waals surface area contributed by atoms with Gasteiger partial charge in [0, 0.05) is 0 Å². The summed E-state index contributed by atoms with van der Waals surface area (Å²) in [7, 11) is 0. The number of hydrogen-bond donors (Lipinski definition) is 0. The molecule has 45 heavy (non-hydrogen) atoms. The van der Waals surface area contributed by atoms with Crippen molar-refractivity contribution < 1.29 is 22.8 Å². The Balaban J connectivity index is 1.86. The molecule has 1 atom stereocenters. The molecule has 0 saturated heterocycles. The van der Waals surface area contributed by atoms with Gasteiger partial charge in [0.2, 0.25) is 0 Å². The fourth-order valence-corrected chi connectivity index (χ4v) is 12.5. The Labute approximate surface area is 283 Å². The molecule has 1 unspecified atom stereocenters. The Morgan fingerprint density at radius 1 is 0.756 bits per heavy atom. The van der Waals surface area contributed by atoms with Crippen LogP contribution in [0.1, 0.15) is 84.9 Å². The van der Waals surface area contributed by atoms with Crippen molar-refractivity contribution in [1.82, 2.24) is 0 Å². The maximum absolute atomic E-state index is 2.58. The van der Waals surface area contributed by atoms with Crippen LogP contribution in [0, 0.1) is 23.2 Å². The normalized spacial score (nSPS) is 19.1. The first-order valence-electron chi connectivity index (χ1n) is 17.2. The number of benzene rings is 3. The van der Waals surface area contributed by atoms with E-state index in [1.54, 1.807) is 39.9 Å². The molecule has 1 heteroatoms. The van der Waals surface area contributed by atoms with Crippen LogP contribution in [0.15, 0.2) is 125 Å². The monoisotopic (exact) mass is 667 g/mol. The van der Waals surface area contributed by atoms with Crippen molar-refractivity contribution in [3.63, 3.8) is 0 Å². The summed E-state index contributed by atoms with van der Waals surface area (Å²) in [6.07, 6.45) is 10.4. The van der Waals surface area contributed by atoms with Gasteiger partial charge in [-0.25, -0.2) is 0 Å². The summed E-state index contributed by atoms with van der Waals surface area (Å²) in [5, 5.41) is 3.01. The predicted octanol–water partition coefficient (Wildman–Crippen LogP) is 9.73. The van der Waals surface area contributed by atoms with Gasteiger partial charge >= 0.3 is 285 Å². The van der Waals surface area contributed by atoms with Gasteiger partial charge in [-0.05, 0) is 0 Å². The van der Waals surface area contributed by atoms with Crippen LogP contribution < -0.4 is 10.4 Å². The van der Waals surface area contributed by atoms with E-state index < -0.39 is 22.8 Å². The van der Waals surface area contributed by atoms with Crippen molar-refractivity contribution in [3.8, 4) is 0 Å². The molecule has 229 valence electrons. The van der Waals surface area contributed by atoms with E-state index >= 15 is 0 Å². The third kappa shape index (κ3) is 5.38. The summed E-state index contributed by atoms with van der Waals surface area (Å²) in [5.41, 5.74) is 13.9. The second kappa shape index (κ2) is 13.1. The molecule has 0 bridgehead atoms. The van der Waals surface area contributed by atoms with Crippen LogP contribution in [0.3, 0.4) is 0 Å². The van der Waals surface area contributed by atoms with Gasteiger partial charge in [-0.15, -0.1) is 0 Å². The molecular formula is C44H49Zr. The van der Waals surface area contributed by atoms with E-state index in [9.17, 15) is 0 Å². The number of hydrogen-bond acceptors (Lipinski definition) is 0. The maximum atomic E-state index is 2.58. The molecule has 3 aromatic rings. The summed E-state index contributed by atoms with van der Waals surface area (Å²) < 4.78 is 3.26. The van der Waals surface area contributed by atoms with E-state index in [1.165, 1.54) is 27.1 Å². The van der Waals surface area contributed by atoms with E-state index in [1.807, 2.05) is 0 Å². The predicted molar refractivity (Wildman–Crippen MR) is 191 cm³/mol. The Hall–Kier alpha value is -2.89. The van der Waals surface area contributed by atoms with Crippen LogP contribution in [0.5, 0.6) is 0 Å². The molecule has 0 radical (unpaired) electrons. The van der Waals surface area contributed by atoms with E-state index in [-0.39, 0.29) is 5.41 Å². The molecule has 3 aliphatic rings. The zero-order valence-electron chi connectivity index (χ0n) is 28.6. The molecule has 6 rings (SSSR count). The van der Waals surface area contributed by atoms with Crippen LogP contribution in [0.25, 0.3) is 8.85 Å². The quantitative estimate of drug-likeness (QED) is 0.213. The number of rotatable bonds is 9. The number of fused-ring (bicyclic) bond motifs is 2. The van der Waals surface area contributed by atoms with E-state index in [4.69, 9.17) is 0 Å². The molecule has 0 N–H and O–H groups in total. The Morgan fingerprint density at radius 2 is 1.40 bits per heavy atom. The second-order valence-corrected chi connectivity index (χ2v) is 17.0. The number of allylic oxidation sites excluding steroid dienone is 8. The zero-order valence-corrected chi connectivity index (χ0v) is 31.0. The van der Waals surface area contributed by atoms with Gasteiger partial charge in [0.15, 0.2) is 0 Å². The molecule has 3 aromatic carbocycles. The molecular weight excluding hydrogens is 620 g/mol. The van der Waals surface area contributed by atoms with Gasteiger partial charge in [-0.2, -0.15) is 0 Å². The van der Waals surface area contributed by atoms with Crippen molar-refractivity contribution in [3.05, 3.63) is 152 Å². The fraction of sp³-hybridized carbons (Fsp3) is 0.341. The minimum absolute atomic E-state index is 0.00438. The van der Waals surface area contributed by atoms with Crippen molar-refractivity contribution in [1.29, 1.82) is 0 Å². The van der Waals surface area contributed by atoms with Crippen LogP contribution in [0.2, 0.25) is 0 Å². The van der Waals surface area contributed by atoms with E-state index in [2.05, 4.69) is 152 Å². The third-order valence-electron chi connectivity index (χ3n) is 10.4. The average Bonchev–Trinajstić information content (AvgIpc) is 3.69. The zero-order chi connectivity index (χ0) is 31.9. The Bertz CT molecular complexity index is 1850. The Morgan fingerprint density at radius 3 is 1.89 bits per heavy atom. The van der Waals surface area contributed by atoms with Crippen molar-refractivity contribution in [2.75, 3.05) is 0 Å². The first-order valence-corrected chi connectivity index (χ1v) is 19.7. The van der Waals surface area contributed by atoms with E-state index in [0.29, 0.717) is 17.8 Å². The van der Waals surface area contributed by atoms with Crippen molar-refractivity contribution >= 4 is 12.1 Å². The third-order valence-corrected chi connectivity index (χ3v) is 14.4. The molecule has 0 saturated carbocycles. The standard InChI is InChI=1S/C31H39.C13H10.Zr/c1-9-22-15-16-25-24(17-22)18-26-28(25)27(19(3)4)29(20(5)6)31(10-2,21(7)8)30(26)23-13-11-12-14-23;1-3-7-12(8-4-1)11-13-9-5-2-6-10-13;/h11-13,15-17,19-21H,9-10,14H2,1-8H3;1-10H;. The van der Waals surface area contributed by atoms with Gasteiger partial charge in [-0.3, -0.25) is 0 Å². The molecule has 0 amide bonds. The summed E-state index contributed by atoms with van der Waals surface area (Å²) in [5.74, 6) is 1.42. The van der Waals surface area contributed by atoms with Gasteiger partial charge in [0.1, 0.15) is 0 Å². The topological polar surface area (TPSA) is 0 Å². The molecule has 0 aromatic heterocycles. The van der Waals surface area contributed by atoms with Crippen molar-refractivity contribution in [2.45, 2.75) is 74.7 Å². The van der Waals surface area contributed by atoms with Crippen molar-refractivity contribution in [2.24, 2.45) is 23.2 Å².